The Kier molecular flexibility index (Phi) is 2.93. The molecule has 0 aliphatic rings. The van der Waals surface area contributed by atoms with Crippen LogP contribution >= 0.6 is 0 Å². The third-order valence-corrected chi connectivity index (χ3v) is 3.50. The van der Waals surface area contributed by atoms with Crippen molar-refractivity contribution < 1.29 is 9.47 Å². The molecule has 0 atom stereocenters. The summed E-state index contributed by atoms with van der Waals surface area (Å²) in [6.45, 7) is 3.88. The molecule has 4 heteroatoms. The lowest BCUT2D eigenvalue weighted by atomic mass is 10.1. The highest BCUT2D eigenvalue weighted by Gasteiger charge is 2.10. The number of aryl methyl sites for hydroxylation is 2. The molecular formula is C16H16N2O2. The van der Waals surface area contributed by atoms with E-state index in [9.17, 15) is 0 Å². The van der Waals surface area contributed by atoms with Gasteiger partial charge in [0.25, 0.3) is 0 Å². The third kappa shape index (κ3) is 1.84. The number of ether oxygens (including phenoxy) is 2. The Morgan fingerprint density at radius 2 is 1.15 bits per heavy atom. The van der Waals surface area contributed by atoms with E-state index in [1.54, 1.807) is 14.2 Å². The van der Waals surface area contributed by atoms with Crippen molar-refractivity contribution in [2.45, 2.75) is 13.8 Å². The summed E-state index contributed by atoms with van der Waals surface area (Å²) >= 11 is 0. The minimum absolute atomic E-state index is 0.794. The molecule has 0 unspecified atom stereocenters. The molecule has 2 heterocycles. The monoisotopic (exact) mass is 268 g/mol. The van der Waals surface area contributed by atoms with Crippen molar-refractivity contribution in [3.63, 3.8) is 0 Å². The number of hydrogen-bond acceptors (Lipinski definition) is 4. The topological polar surface area (TPSA) is 44.2 Å². The highest BCUT2D eigenvalue weighted by Crippen LogP contribution is 2.30. The smallest absolute Gasteiger partial charge is 0.140 e. The molecule has 0 aliphatic carbocycles. The van der Waals surface area contributed by atoms with Gasteiger partial charge in [0, 0.05) is 10.8 Å². The van der Waals surface area contributed by atoms with Crippen molar-refractivity contribution in [1.29, 1.82) is 0 Å². The summed E-state index contributed by atoms with van der Waals surface area (Å²) in [6, 6.07) is 8.06. The van der Waals surface area contributed by atoms with Crippen LogP contribution in [-0.2, 0) is 0 Å². The summed E-state index contributed by atoms with van der Waals surface area (Å²) in [7, 11) is 3.31. The van der Waals surface area contributed by atoms with E-state index in [0.29, 0.717) is 0 Å². The van der Waals surface area contributed by atoms with Gasteiger partial charge in [-0.1, -0.05) is 12.1 Å². The van der Waals surface area contributed by atoms with E-state index >= 15 is 0 Å². The molecule has 1 aromatic carbocycles. The second-order valence-electron chi connectivity index (χ2n) is 4.76. The van der Waals surface area contributed by atoms with Gasteiger partial charge in [-0.15, -0.1) is 0 Å². The zero-order valence-corrected chi connectivity index (χ0v) is 12.0. The molecule has 4 nitrogen and oxygen atoms in total. The molecule has 0 fully saturated rings. The fourth-order valence-electron chi connectivity index (χ4n) is 2.43. The molecule has 0 saturated heterocycles. The lowest BCUT2D eigenvalue weighted by molar-refractivity contribution is 0.410. The molecule has 0 N–H and O–H groups in total. The summed E-state index contributed by atoms with van der Waals surface area (Å²) in [6.07, 6.45) is 0. The minimum Gasteiger partial charge on any atom is -0.495 e. The number of nitrogens with zero attached hydrogens (tertiary/aromatic N) is 2. The number of methoxy groups -OCH3 is 2. The largest absolute Gasteiger partial charge is 0.495 e. The van der Waals surface area contributed by atoms with Crippen LogP contribution < -0.4 is 9.47 Å². The Bertz CT molecular complexity index is 744. The third-order valence-electron chi connectivity index (χ3n) is 3.50. The van der Waals surface area contributed by atoms with Gasteiger partial charge in [0.2, 0.25) is 0 Å². The van der Waals surface area contributed by atoms with Gasteiger partial charge in [0.05, 0.1) is 36.6 Å². The first-order chi connectivity index (χ1) is 9.63. The van der Waals surface area contributed by atoms with Crippen molar-refractivity contribution in [2.75, 3.05) is 14.2 Å². The Hall–Kier alpha value is -2.36. The van der Waals surface area contributed by atoms with E-state index in [2.05, 4.69) is 9.97 Å². The summed E-state index contributed by atoms with van der Waals surface area (Å²) in [5, 5.41) is 2.05. The molecule has 0 spiro atoms. The van der Waals surface area contributed by atoms with Crippen LogP contribution in [0.5, 0.6) is 11.5 Å². The fraction of sp³-hybridized carbons (Fsp3) is 0.250. The molecule has 0 bridgehead atoms. The maximum absolute atomic E-state index is 5.32. The Morgan fingerprint density at radius 1 is 0.750 bits per heavy atom. The number of pyridine rings is 2. The molecular weight excluding hydrogens is 252 g/mol. The highest BCUT2D eigenvalue weighted by molar-refractivity contribution is 6.03. The molecule has 2 aromatic heterocycles. The van der Waals surface area contributed by atoms with E-state index in [1.165, 1.54) is 0 Å². The molecule has 0 amide bonds. The highest BCUT2D eigenvalue weighted by atomic mass is 16.5. The summed E-state index contributed by atoms with van der Waals surface area (Å²) in [4.78, 5) is 9.29. The van der Waals surface area contributed by atoms with Crippen LogP contribution in [0.15, 0.2) is 24.3 Å². The zero-order chi connectivity index (χ0) is 14.3. The molecule has 3 aromatic rings. The van der Waals surface area contributed by atoms with Crippen LogP contribution in [0.25, 0.3) is 21.8 Å². The lowest BCUT2D eigenvalue weighted by Crippen LogP contribution is -1.95. The van der Waals surface area contributed by atoms with E-state index in [-0.39, 0.29) is 0 Å². The van der Waals surface area contributed by atoms with Gasteiger partial charge in [0.1, 0.15) is 11.5 Å². The van der Waals surface area contributed by atoms with Crippen LogP contribution in [0.3, 0.4) is 0 Å². The van der Waals surface area contributed by atoms with Crippen molar-refractivity contribution >= 4 is 21.8 Å². The molecule has 102 valence electrons. The maximum atomic E-state index is 5.32. The van der Waals surface area contributed by atoms with E-state index < -0.39 is 0 Å². The predicted octanol–water partition coefficient (Wildman–Crippen LogP) is 3.42. The minimum atomic E-state index is 0.794. The molecule has 0 radical (unpaired) electrons. The van der Waals surface area contributed by atoms with Crippen LogP contribution in [0.1, 0.15) is 11.4 Å². The predicted molar refractivity (Wildman–Crippen MR) is 79.6 cm³/mol. The summed E-state index contributed by atoms with van der Waals surface area (Å²) in [5.41, 5.74) is 3.52. The standard InChI is InChI=1S/C16H16N2O2/c1-9-13(19-3)7-11-5-6-12-8-14(20-4)10(2)18-16(12)15(11)17-9/h5-8H,1-4H3. The fourth-order valence-corrected chi connectivity index (χ4v) is 2.43. The van der Waals surface area contributed by atoms with E-state index in [1.807, 2.05) is 38.1 Å². The Balaban J connectivity index is 2.40. The normalized spacial score (nSPS) is 11.0. The van der Waals surface area contributed by atoms with Gasteiger partial charge in [-0.25, -0.2) is 9.97 Å². The van der Waals surface area contributed by atoms with Gasteiger partial charge in [-0.3, -0.25) is 0 Å². The average molecular weight is 268 g/mol. The molecule has 0 saturated carbocycles. The Labute approximate surface area is 117 Å². The van der Waals surface area contributed by atoms with Crippen LogP contribution in [0.4, 0.5) is 0 Å². The second-order valence-corrected chi connectivity index (χ2v) is 4.76. The first kappa shape index (κ1) is 12.7. The van der Waals surface area contributed by atoms with Gasteiger partial charge in [0.15, 0.2) is 0 Å². The summed E-state index contributed by atoms with van der Waals surface area (Å²) in [5.74, 6) is 1.59. The van der Waals surface area contributed by atoms with Crippen molar-refractivity contribution in [3.05, 3.63) is 35.7 Å². The number of hydrogen-bond donors (Lipinski definition) is 0. The van der Waals surface area contributed by atoms with Crippen LogP contribution in [0.2, 0.25) is 0 Å². The van der Waals surface area contributed by atoms with E-state index in [4.69, 9.17) is 9.47 Å². The van der Waals surface area contributed by atoms with Gasteiger partial charge in [-0.05, 0) is 26.0 Å². The van der Waals surface area contributed by atoms with Gasteiger partial charge in [-0.2, -0.15) is 0 Å². The zero-order valence-electron chi connectivity index (χ0n) is 12.0. The average Bonchev–Trinajstić information content (AvgIpc) is 2.46. The number of fused-ring (bicyclic) bond motifs is 3. The number of benzene rings is 1. The second kappa shape index (κ2) is 4.63. The molecule has 20 heavy (non-hydrogen) atoms. The van der Waals surface area contributed by atoms with E-state index in [0.717, 1.165) is 44.7 Å². The Morgan fingerprint density at radius 3 is 1.50 bits per heavy atom. The quantitative estimate of drug-likeness (QED) is 0.668. The van der Waals surface area contributed by atoms with Gasteiger partial charge >= 0.3 is 0 Å². The van der Waals surface area contributed by atoms with Crippen molar-refractivity contribution in [3.8, 4) is 11.5 Å². The number of rotatable bonds is 2. The molecule has 0 aliphatic heterocycles. The van der Waals surface area contributed by atoms with Crippen molar-refractivity contribution in [2.24, 2.45) is 0 Å². The first-order valence-corrected chi connectivity index (χ1v) is 6.43. The van der Waals surface area contributed by atoms with Crippen molar-refractivity contribution in [1.82, 2.24) is 9.97 Å². The summed E-state index contributed by atoms with van der Waals surface area (Å²) < 4.78 is 10.6. The first-order valence-electron chi connectivity index (χ1n) is 6.43. The lowest BCUT2D eigenvalue weighted by Gasteiger charge is -2.10. The van der Waals surface area contributed by atoms with Gasteiger partial charge < -0.3 is 9.47 Å². The SMILES string of the molecule is COc1cc2ccc3cc(OC)c(C)nc3c2nc1C. The number of aromatic nitrogens is 2. The van der Waals surface area contributed by atoms with Crippen LogP contribution in [-0.4, -0.2) is 24.2 Å². The maximum Gasteiger partial charge on any atom is 0.140 e. The van der Waals surface area contributed by atoms with Crippen LogP contribution in [0, 0.1) is 13.8 Å². The molecule has 3 rings (SSSR count).